The Morgan fingerprint density at radius 2 is 2.14 bits per heavy atom. The van der Waals surface area contributed by atoms with E-state index < -0.39 is 0 Å². The van der Waals surface area contributed by atoms with E-state index in [1.165, 1.54) is 32.1 Å². The number of aromatic nitrogens is 1. The maximum absolute atomic E-state index is 12.1. The lowest BCUT2D eigenvalue weighted by Gasteiger charge is -2.24. The van der Waals surface area contributed by atoms with Gasteiger partial charge in [-0.3, -0.25) is 4.79 Å². The van der Waals surface area contributed by atoms with Crippen LogP contribution in [0.4, 0.5) is 0 Å². The summed E-state index contributed by atoms with van der Waals surface area (Å²) in [5.74, 6) is 0.581. The van der Waals surface area contributed by atoms with Crippen LogP contribution in [0.3, 0.4) is 0 Å². The third-order valence-electron chi connectivity index (χ3n) is 4.02. The molecule has 2 unspecified atom stereocenters. The number of hydrogen-bond donors (Lipinski definition) is 2. The zero-order chi connectivity index (χ0) is 14.5. The van der Waals surface area contributed by atoms with Crippen LogP contribution in [-0.4, -0.2) is 16.9 Å². The van der Waals surface area contributed by atoms with Gasteiger partial charge in [-0.15, -0.1) is 23.7 Å². The summed E-state index contributed by atoms with van der Waals surface area (Å²) in [5.41, 5.74) is 6.05. The molecule has 2 atom stereocenters. The molecule has 2 rings (SSSR count). The van der Waals surface area contributed by atoms with Gasteiger partial charge in [0.1, 0.15) is 5.01 Å². The van der Waals surface area contributed by atoms with Crippen molar-refractivity contribution in [2.75, 3.05) is 0 Å². The second-order valence-electron chi connectivity index (χ2n) is 5.89. The quantitative estimate of drug-likeness (QED) is 0.869. The molecular weight excluding hydrogens is 306 g/mol. The van der Waals surface area contributed by atoms with Gasteiger partial charge in [-0.2, -0.15) is 0 Å². The van der Waals surface area contributed by atoms with Crippen LogP contribution in [0.2, 0.25) is 0 Å². The van der Waals surface area contributed by atoms with Crippen LogP contribution in [0.1, 0.15) is 61.4 Å². The molecular formula is C15H26ClN3OS. The molecule has 0 spiro atoms. The standard InChI is InChI=1S/C15H25N3OS.ClH/c1-10-9-17-15(20-10)11(2)18-14(19)13(16)8-12-6-4-3-5-7-12;/h9,11-13H,3-8,16H2,1-2H3,(H,18,19);1H. The number of carbonyl (C=O) groups is 1. The van der Waals surface area contributed by atoms with Crippen LogP contribution in [0.15, 0.2) is 6.20 Å². The molecule has 0 aromatic carbocycles. The number of nitrogens with one attached hydrogen (secondary N) is 1. The molecule has 4 nitrogen and oxygen atoms in total. The number of amides is 1. The second kappa shape index (κ2) is 8.71. The summed E-state index contributed by atoms with van der Waals surface area (Å²) < 4.78 is 0. The first-order valence-corrected chi connectivity index (χ1v) is 8.36. The van der Waals surface area contributed by atoms with E-state index in [2.05, 4.69) is 10.3 Å². The fourth-order valence-corrected chi connectivity index (χ4v) is 3.62. The summed E-state index contributed by atoms with van der Waals surface area (Å²) in [6.07, 6.45) is 9.00. The Balaban J connectivity index is 0.00000220. The molecule has 0 aliphatic heterocycles. The van der Waals surface area contributed by atoms with Gasteiger partial charge in [0, 0.05) is 11.1 Å². The van der Waals surface area contributed by atoms with Crippen molar-refractivity contribution < 1.29 is 4.79 Å². The van der Waals surface area contributed by atoms with E-state index in [1.807, 2.05) is 20.0 Å². The largest absolute Gasteiger partial charge is 0.346 e. The maximum Gasteiger partial charge on any atom is 0.237 e. The summed E-state index contributed by atoms with van der Waals surface area (Å²) in [4.78, 5) is 17.6. The topological polar surface area (TPSA) is 68.0 Å². The third-order valence-corrected chi connectivity index (χ3v) is 5.11. The first kappa shape index (κ1) is 18.4. The Hall–Kier alpha value is -0.650. The number of aryl methyl sites for hydroxylation is 1. The molecule has 120 valence electrons. The van der Waals surface area contributed by atoms with E-state index in [9.17, 15) is 4.79 Å². The number of nitrogens with two attached hydrogens (primary N) is 1. The normalized spacial score (nSPS) is 18.6. The molecule has 0 bridgehead atoms. The fraction of sp³-hybridized carbons (Fsp3) is 0.733. The molecule has 1 saturated carbocycles. The van der Waals surface area contributed by atoms with Crippen molar-refractivity contribution in [3.05, 3.63) is 16.1 Å². The van der Waals surface area contributed by atoms with E-state index in [0.29, 0.717) is 5.92 Å². The number of halogens is 1. The van der Waals surface area contributed by atoms with Crippen molar-refractivity contribution in [3.8, 4) is 0 Å². The van der Waals surface area contributed by atoms with Gasteiger partial charge in [0.2, 0.25) is 5.91 Å². The van der Waals surface area contributed by atoms with Crippen molar-refractivity contribution >= 4 is 29.7 Å². The Kier molecular flexibility index (Phi) is 7.63. The monoisotopic (exact) mass is 331 g/mol. The van der Waals surface area contributed by atoms with Gasteiger partial charge in [0.25, 0.3) is 0 Å². The van der Waals surface area contributed by atoms with Crippen LogP contribution in [0, 0.1) is 12.8 Å². The maximum atomic E-state index is 12.1. The molecule has 1 aromatic rings. The van der Waals surface area contributed by atoms with Crippen molar-refractivity contribution in [1.82, 2.24) is 10.3 Å². The number of rotatable bonds is 5. The van der Waals surface area contributed by atoms with E-state index >= 15 is 0 Å². The van der Waals surface area contributed by atoms with Crippen molar-refractivity contribution in [1.29, 1.82) is 0 Å². The van der Waals surface area contributed by atoms with Gasteiger partial charge in [-0.1, -0.05) is 32.1 Å². The SMILES string of the molecule is Cc1cnc(C(C)NC(=O)C(N)CC2CCCCC2)s1.Cl. The van der Waals surface area contributed by atoms with E-state index in [0.717, 1.165) is 16.3 Å². The molecule has 1 fully saturated rings. The Morgan fingerprint density at radius 3 is 2.71 bits per heavy atom. The number of thiazole rings is 1. The van der Waals surface area contributed by atoms with Crippen LogP contribution < -0.4 is 11.1 Å². The highest BCUT2D eigenvalue weighted by atomic mass is 35.5. The molecule has 1 aromatic heterocycles. The summed E-state index contributed by atoms with van der Waals surface area (Å²) in [7, 11) is 0. The molecule has 1 heterocycles. The number of nitrogens with zero attached hydrogens (tertiary/aromatic N) is 1. The molecule has 6 heteroatoms. The minimum atomic E-state index is -0.387. The lowest BCUT2D eigenvalue weighted by atomic mass is 9.85. The van der Waals surface area contributed by atoms with Gasteiger partial charge in [-0.05, 0) is 26.2 Å². The van der Waals surface area contributed by atoms with E-state index in [1.54, 1.807) is 11.3 Å². The van der Waals surface area contributed by atoms with E-state index in [4.69, 9.17) is 5.73 Å². The third kappa shape index (κ3) is 5.57. The fourth-order valence-electron chi connectivity index (χ4n) is 2.84. The van der Waals surface area contributed by atoms with Crippen LogP contribution in [0.25, 0.3) is 0 Å². The summed E-state index contributed by atoms with van der Waals surface area (Å²) in [5, 5.41) is 3.93. The summed E-state index contributed by atoms with van der Waals surface area (Å²) in [6.45, 7) is 3.98. The molecule has 1 amide bonds. The molecule has 0 saturated heterocycles. The zero-order valence-electron chi connectivity index (χ0n) is 12.8. The predicted molar refractivity (Wildman–Crippen MR) is 89.8 cm³/mol. The predicted octanol–water partition coefficient (Wildman–Crippen LogP) is 3.35. The smallest absolute Gasteiger partial charge is 0.237 e. The van der Waals surface area contributed by atoms with Gasteiger partial charge in [-0.25, -0.2) is 4.98 Å². The highest BCUT2D eigenvalue weighted by molar-refractivity contribution is 7.11. The lowest BCUT2D eigenvalue weighted by molar-refractivity contribution is -0.123. The molecule has 1 aliphatic carbocycles. The average Bonchev–Trinajstić information content (AvgIpc) is 2.86. The van der Waals surface area contributed by atoms with Gasteiger partial charge < -0.3 is 11.1 Å². The summed E-state index contributed by atoms with van der Waals surface area (Å²) >= 11 is 1.62. The molecule has 1 aliphatic rings. The van der Waals surface area contributed by atoms with Crippen LogP contribution >= 0.6 is 23.7 Å². The zero-order valence-corrected chi connectivity index (χ0v) is 14.4. The Bertz CT molecular complexity index is 446. The minimum Gasteiger partial charge on any atom is -0.346 e. The minimum absolute atomic E-state index is 0. The molecule has 21 heavy (non-hydrogen) atoms. The highest BCUT2D eigenvalue weighted by Crippen LogP contribution is 2.27. The Morgan fingerprint density at radius 1 is 1.48 bits per heavy atom. The first-order chi connectivity index (χ1) is 9.56. The lowest BCUT2D eigenvalue weighted by Crippen LogP contribution is -2.42. The van der Waals surface area contributed by atoms with Gasteiger partial charge in [0.05, 0.1) is 12.1 Å². The molecule has 0 radical (unpaired) electrons. The van der Waals surface area contributed by atoms with Gasteiger partial charge in [0.15, 0.2) is 0 Å². The van der Waals surface area contributed by atoms with Crippen LogP contribution in [0.5, 0.6) is 0 Å². The summed E-state index contributed by atoms with van der Waals surface area (Å²) in [6, 6.07) is -0.444. The van der Waals surface area contributed by atoms with Crippen molar-refractivity contribution in [2.45, 2.75) is 64.5 Å². The average molecular weight is 332 g/mol. The van der Waals surface area contributed by atoms with Crippen molar-refractivity contribution in [2.24, 2.45) is 11.7 Å². The van der Waals surface area contributed by atoms with E-state index in [-0.39, 0.29) is 30.4 Å². The number of hydrogen-bond acceptors (Lipinski definition) is 4. The first-order valence-electron chi connectivity index (χ1n) is 7.54. The molecule has 3 N–H and O–H groups in total. The van der Waals surface area contributed by atoms with Gasteiger partial charge >= 0.3 is 0 Å². The highest BCUT2D eigenvalue weighted by Gasteiger charge is 2.23. The number of carbonyl (C=O) groups excluding carboxylic acids is 1. The second-order valence-corrected chi connectivity index (χ2v) is 7.15. The van der Waals surface area contributed by atoms with Crippen LogP contribution in [-0.2, 0) is 4.79 Å². The Labute approximate surface area is 137 Å². The van der Waals surface area contributed by atoms with Crippen molar-refractivity contribution in [3.63, 3.8) is 0 Å².